The first-order chi connectivity index (χ1) is 5.52. The van der Waals surface area contributed by atoms with Crippen molar-refractivity contribution in [2.24, 2.45) is 5.73 Å². The van der Waals surface area contributed by atoms with Crippen molar-refractivity contribution < 1.29 is 13.6 Å². The Morgan fingerprint density at radius 1 is 1.25 bits per heavy atom. The third-order valence-electron chi connectivity index (χ3n) is 1.35. The van der Waals surface area contributed by atoms with Gasteiger partial charge in [-0.05, 0) is 6.07 Å². The monoisotopic (exact) mass is 172 g/mol. The Kier molecular flexibility index (Phi) is 1.95. The van der Waals surface area contributed by atoms with Gasteiger partial charge in [0, 0.05) is 6.07 Å². The summed E-state index contributed by atoms with van der Waals surface area (Å²) < 4.78 is 25.2. The molecule has 0 atom stereocenters. The molecule has 0 saturated heterocycles. The van der Waals surface area contributed by atoms with E-state index in [1.54, 1.807) is 0 Å². The Hall–Kier alpha value is -1.65. The third-order valence-corrected chi connectivity index (χ3v) is 1.35. The van der Waals surface area contributed by atoms with Gasteiger partial charge in [-0.3, -0.25) is 4.79 Å². The summed E-state index contributed by atoms with van der Waals surface area (Å²) in [4.78, 5) is 10.5. The Morgan fingerprint density at radius 2 is 1.83 bits per heavy atom. The molecule has 1 rings (SSSR count). The fourth-order valence-electron chi connectivity index (χ4n) is 0.755. The van der Waals surface area contributed by atoms with Crippen molar-refractivity contribution in [1.82, 2.24) is 0 Å². The average Bonchev–Trinajstić information content (AvgIpc) is 1.96. The van der Waals surface area contributed by atoms with Crippen LogP contribution in [0.2, 0.25) is 0 Å². The molecule has 0 heterocycles. The predicted octanol–water partition coefficient (Wildman–Crippen LogP) is 0.646. The maximum absolute atomic E-state index is 12.7. The summed E-state index contributed by atoms with van der Waals surface area (Å²) in [7, 11) is 0. The summed E-state index contributed by atoms with van der Waals surface area (Å²) in [5.41, 5.74) is 9.15. The van der Waals surface area contributed by atoms with Crippen LogP contribution in [0, 0.1) is 11.6 Å². The highest BCUT2D eigenvalue weighted by molar-refractivity contribution is 5.93. The lowest BCUT2D eigenvalue weighted by Crippen LogP contribution is -2.14. The molecule has 0 bridgehead atoms. The summed E-state index contributed by atoms with van der Waals surface area (Å²) in [5.74, 6) is -2.88. The van der Waals surface area contributed by atoms with Crippen LogP contribution in [0.3, 0.4) is 0 Å². The summed E-state index contributed by atoms with van der Waals surface area (Å²) in [6.45, 7) is 0. The van der Waals surface area contributed by atoms with Crippen molar-refractivity contribution in [3.63, 3.8) is 0 Å². The second kappa shape index (κ2) is 2.77. The summed E-state index contributed by atoms with van der Waals surface area (Å²) in [6, 6.07) is 1.39. The molecule has 0 fully saturated rings. The van der Waals surface area contributed by atoms with Gasteiger partial charge in [-0.25, -0.2) is 8.78 Å². The molecule has 0 aliphatic rings. The van der Waals surface area contributed by atoms with Gasteiger partial charge in [-0.15, -0.1) is 0 Å². The topological polar surface area (TPSA) is 69.1 Å². The number of primary amides is 1. The Bertz CT molecular complexity index is 338. The van der Waals surface area contributed by atoms with Gasteiger partial charge in [-0.2, -0.15) is 0 Å². The van der Waals surface area contributed by atoms with E-state index in [9.17, 15) is 13.6 Å². The van der Waals surface area contributed by atoms with Crippen molar-refractivity contribution in [2.45, 2.75) is 0 Å². The van der Waals surface area contributed by atoms with Crippen LogP contribution in [-0.4, -0.2) is 5.91 Å². The fraction of sp³-hybridized carbons (Fsp3) is 0. The standard InChI is InChI=1S/C7H6F2N2O/c8-4-2-5(9)6(10)1-3(4)7(11)12/h1-2H,10H2,(H2,11,12). The number of nitrogen functional groups attached to an aromatic ring is 1. The van der Waals surface area contributed by atoms with E-state index in [4.69, 9.17) is 11.5 Å². The minimum atomic E-state index is -1.01. The molecular weight excluding hydrogens is 166 g/mol. The second-order valence-corrected chi connectivity index (χ2v) is 2.22. The highest BCUT2D eigenvalue weighted by Crippen LogP contribution is 2.15. The number of carbonyl (C=O) groups is 1. The number of hydrogen-bond acceptors (Lipinski definition) is 2. The highest BCUT2D eigenvalue weighted by Gasteiger charge is 2.11. The Balaban J connectivity index is 3.33. The molecule has 12 heavy (non-hydrogen) atoms. The van der Waals surface area contributed by atoms with Crippen molar-refractivity contribution in [1.29, 1.82) is 0 Å². The second-order valence-electron chi connectivity index (χ2n) is 2.22. The maximum Gasteiger partial charge on any atom is 0.251 e. The van der Waals surface area contributed by atoms with Crippen LogP contribution < -0.4 is 11.5 Å². The third kappa shape index (κ3) is 1.34. The van der Waals surface area contributed by atoms with E-state index >= 15 is 0 Å². The van der Waals surface area contributed by atoms with Gasteiger partial charge in [0.15, 0.2) is 0 Å². The predicted molar refractivity (Wildman–Crippen MR) is 39.3 cm³/mol. The molecule has 0 aliphatic heterocycles. The minimum absolute atomic E-state index is 0.301. The maximum atomic E-state index is 12.7. The number of amides is 1. The molecule has 5 heteroatoms. The van der Waals surface area contributed by atoms with Crippen LogP contribution in [0.5, 0.6) is 0 Å². The van der Waals surface area contributed by atoms with Crippen LogP contribution in [0.1, 0.15) is 10.4 Å². The van der Waals surface area contributed by atoms with Gasteiger partial charge < -0.3 is 11.5 Å². The normalized spacial score (nSPS) is 9.83. The molecule has 0 aromatic heterocycles. The molecule has 1 aromatic rings. The largest absolute Gasteiger partial charge is 0.396 e. The average molecular weight is 172 g/mol. The van der Waals surface area contributed by atoms with E-state index in [0.29, 0.717) is 6.07 Å². The van der Waals surface area contributed by atoms with Crippen molar-refractivity contribution in [3.05, 3.63) is 29.3 Å². The number of anilines is 1. The fourth-order valence-corrected chi connectivity index (χ4v) is 0.755. The van der Waals surface area contributed by atoms with Gasteiger partial charge in [-0.1, -0.05) is 0 Å². The lowest BCUT2D eigenvalue weighted by Gasteiger charge is -2.00. The van der Waals surface area contributed by atoms with Crippen LogP contribution in [-0.2, 0) is 0 Å². The summed E-state index contributed by atoms with van der Waals surface area (Å²) >= 11 is 0. The molecule has 0 unspecified atom stereocenters. The molecule has 0 aliphatic carbocycles. The molecule has 0 radical (unpaired) electrons. The summed E-state index contributed by atoms with van der Waals surface area (Å²) in [6.07, 6.45) is 0. The van der Waals surface area contributed by atoms with Crippen molar-refractivity contribution >= 4 is 11.6 Å². The van der Waals surface area contributed by atoms with E-state index in [1.807, 2.05) is 0 Å². The molecule has 64 valence electrons. The lowest BCUT2D eigenvalue weighted by atomic mass is 10.2. The number of rotatable bonds is 1. The van der Waals surface area contributed by atoms with E-state index in [1.165, 1.54) is 0 Å². The molecule has 3 nitrogen and oxygen atoms in total. The molecule has 1 amide bonds. The quantitative estimate of drug-likeness (QED) is 0.610. The number of benzene rings is 1. The SMILES string of the molecule is NC(=O)c1cc(N)c(F)cc1F. The number of carbonyl (C=O) groups excluding carboxylic acids is 1. The lowest BCUT2D eigenvalue weighted by molar-refractivity contribution is 0.0996. The van der Waals surface area contributed by atoms with Gasteiger partial charge >= 0.3 is 0 Å². The number of hydrogen-bond donors (Lipinski definition) is 2. The number of halogens is 2. The number of nitrogens with two attached hydrogens (primary N) is 2. The van der Waals surface area contributed by atoms with E-state index < -0.39 is 23.1 Å². The van der Waals surface area contributed by atoms with Gasteiger partial charge in [0.1, 0.15) is 11.6 Å². The Labute approximate surface area is 67.0 Å². The Morgan fingerprint density at radius 3 is 2.33 bits per heavy atom. The molecule has 1 aromatic carbocycles. The first-order valence-corrected chi connectivity index (χ1v) is 3.06. The molecule has 4 N–H and O–H groups in total. The van der Waals surface area contributed by atoms with Crippen molar-refractivity contribution in [2.75, 3.05) is 5.73 Å². The zero-order chi connectivity index (χ0) is 9.30. The van der Waals surface area contributed by atoms with Crippen LogP contribution >= 0.6 is 0 Å². The zero-order valence-corrected chi connectivity index (χ0v) is 5.97. The van der Waals surface area contributed by atoms with Gasteiger partial charge in [0.25, 0.3) is 5.91 Å². The zero-order valence-electron chi connectivity index (χ0n) is 5.97. The van der Waals surface area contributed by atoms with Gasteiger partial charge in [0.05, 0.1) is 11.3 Å². The molecular formula is C7H6F2N2O. The van der Waals surface area contributed by atoms with Crippen molar-refractivity contribution in [3.8, 4) is 0 Å². The first kappa shape index (κ1) is 8.45. The van der Waals surface area contributed by atoms with Crippen LogP contribution in [0.15, 0.2) is 12.1 Å². The molecule has 0 spiro atoms. The molecule has 0 saturated carbocycles. The highest BCUT2D eigenvalue weighted by atomic mass is 19.1. The minimum Gasteiger partial charge on any atom is -0.396 e. The van der Waals surface area contributed by atoms with Crippen LogP contribution in [0.4, 0.5) is 14.5 Å². The van der Waals surface area contributed by atoms with E-state index in [-0.39, 0.29) is 5.69 Å². The smallest absolute Gasteiger partial charge is 0.251 e. The first-order valence-electron chi connectivity index (χ1n) is 3.06. The van der Waals surface area contributed by atoms with Gasteiger partial charge in [0.2, 0.25) is 0 Å². The van der Waals surface area contributed by atoms with E-state index in [0.717, 1.165) is 6.07 Å². The van der Waals surface area contributed by atoms with E-state index in [2.05, 4.69) is 0 Å². The van der Waals surface area contributed by atoms with Crippen LogP contribution in [0.25, 0.3) is 0 Å². The summed E-state index contributed by atoms with van der Waals surface area (Å²) in [5, 5.41) is 0.